The Hall–Kier alpha value is -2.39. The van der Waals surface area contributed by atoms with Gasteiger partial charge in [0.15, 0.2) is 0 Å². The van der Waals surface area contributed by atoms with Gasteiger partial charge in [0, 0.05) is 10.9 Å². The topological polar surface area (TPSA) is 69.9 Å². The average molecular weight is 263 g/mol. The summed E-state index contributed by atoms with van der Waals surface area (Å²) in [5.74, 6) is 4.40. The zero-order chi connectivity index (χ0) is 13.0. The van der Waals surface area contributed by atoms with Gasteiger partial charge in [-0.25, -0.2) is 4.79 Å². The molecular formula is C11H7ClN4O2. The first-order valence-electron chi connectivity index (χ1n) is 4.83. The number of aromatic nitrogens is 4. The van der Waals surface area contributed by atoms with Crippen LogP contribution in [-0.4, -0.2) is 33.3 Å². The fourth-order valence-electron chi connectivity index (χ4n) is 1.24. The number of rotatable bonds is 1. The van der Waals surface area contributed by atoms with E-state index in [1.165, 1.54) is 18.1 Å². The van der Waals surface area contributed by atoms with Crippen molar-refractivity contribution in [2.24, 2.45) is 0 Å². The number of nitrogens with zero attached hydrogens (tertiary/aromatic N) is 4. The quantitative estimate of drug-likeness (QED) is 0.563. The molecule has 0 aliphatic rings. The minimum Gasteiger partial charge on any atom is -0.459 e. The number of esters is 1. The summed E-state index contributed by atoms with van der Waals surface area (Å²) < 4.78 is 5.85. The minimum atomic E-state index is -0.618. The van der Waals surface area contributed by atoms with E-state index in [1.807, 2.05) is 0 Å². The fraction of sp³-hybridized carbons (Fsp3) is 0.0909. The summed E-state index contributed by atoms with van der Waals surface area (Å²) in [7, 11) is 1.27. The van der Waals surface area contributed by atoms with Gasteiger partial charge in [0.25, 0.3) is 0 Å². The highest BCUT2D eigenvalue weighted by Gasteiger charge is 2.05. The summed E-state index contributed by atoms with van der Waals surface area (Å²) in [6.07, 6.45) is 1.41. The third-order valence-corrected chi connectivity index (χ3v) is 2.28. The second kappa shape index (κ2) is 5.29. The first-order valence-corrected chi connectivity index (χ1v) is 5.21. The van der Waals surface area contributed by atoms with E-state index >= 15 is 0 Å². The van der Waals surface area contributed by atoms with Crippen LogP contribution in [0.5, 0.6) is 0 Å². The van der Waals surface area contributed by atoms with E-state index in [9.17, 15) is 4.79 Å². The molecular weight excluding hydrogens is 256 g/mol. The Balaban J connectivity index is 2.47. The van der Waals surface area contributed by atoms with Crippen molar-refractivity contribution >= 4 is 17.6 Å². The summed E-state index contributed by atoms with van der Waals surface area (Å²) in [5.41, 5.74) is 1.15. The van der Waals surface area contributed by atoms with Gasteiger partial charge in [-0.15, -0.1) is 5.10 Å². The van der Waals surface area contributed by atoms with Crippen LogP contribution < -0.4 is 0 Å². The molecule has 2 rings (SSSR count). The molecule has 0 bridgehead atoms. The third kappa shape index (κ3) is 2.64. The number of ether oxygens (including phenoxy) is 1. The largest absolute Gasteiger partial charge is 0.459 e. The van der Waals surface area contributed by atoms with Crippen LogP contribution >= 0.6 is 11.6 Å². The number of methoxy groups -OCH3 is 1. The van der Waals surface area contributed by atoms with Crippen LogP contribution in [-0.2, 0) is 9.53 Å². The van der Waals surface area contributed by atoms with Crippen molar-refractivity contribution < 1.29 is 9.53 Å². The number of halogens is 1. The highest BCUT2D eigenvalue weighted by atomic mass is 35.5. The summed E-state index contributed by atoms with van der Waals surface area (Å²) in [6, 6.07) is 4.99. The highest BCUT2D eigenvalue weighted by molar-refractivity contribution is 6.30. The first kappa shape index (κ1) is 12.1. The summed E-state index contributed by atoms with van der Waals surface area (Å²) in [5, 5.41) is 11.3. The normalized spacial score (nSPS) is 9.44. The van der Waals surface area contributed by atoms with Gasteiger partial charge in [0.1, 0.15) is 6.33 Å². The molecule has 0 amide bonds. The summed E-state index contributed by atoms with van der Waals surface area (Å²) in [6.45, 7) is 0. The number of carbonyl (C=O) groups excluding carboxylic acids is 1. The van der Waals surface area contributed by atoms with Crippen molar-refractivity contribution in [2.75, 3.05) is 7.11 Å². The van der Waals surface area contributed by atoms with Gasteiger partial charge < -0.3 is 4.74 Å². The molecule has 1 aromatic heterocycles. The smallest absolute Gasteiger partial charge is 0.384 e. The van der Waals surface area contributed by atoms with Crippen LogP contribution in [0.4, 0.5) is 0 Å². The van der Waals surface area contributed by atoms with Crippen LogP contribution in [0.2, 0.25) is 5.02 Å². The molecule has 0 saturated carbocycles. The molecule has 1 aromatic carbocycles. The fourth-order valence-corrected chi connectivity index (χ4v) is 1.41. The van der Waals surface area contributed by atoms with Gasteiger partial charge >= 0.3 is 5.97 Å². The van der Waals surface area contributed by atoms with Crippen molar-refractivity contribution in [1.29, 1.82) is 0 Å². The Bertz CT molecular complexity index is 628. The molecule has 90 valence electrons. The van der Waals surface area contributed by atoms with Gasteiger partial charge in [-0.1, -0.05) is 17.5 Å². The molecule has 0 fully saturated rings. The van der Waals surface area contributed by atoms with Crippen molar-refractivity contribution in [3.05, 3.63) is 35.1 Å². The molecule has 0 saturated heterocycles. The average Bonchev–Trinajstić information content (AvgIpc) is 2.90. The van der Waals surface area contributed by atoms with E-state index < -0.39 is 5.97 Å². The van der Waals surface area contributed by atoms with Crippen LogP contribution in [0.1, 0.15) is 5.56 Å². The second-order valence-corrected chi connectivity index (χ2v) is 3.59. The highest BCUT2D eigenvalue weighted by Crippen LogP contribution is 2.18. The van der Waals surface area contributed by atoms with Crippen LogP contribution in [0.25, 0.3) is 5.69 Å². The number of tetrazole rings is 1. The lowest BCUT2D eigenvalue weighted by molar-refractivity contribution is -0.133. The lowest BCUT2D eigenvalue weighted by Gasteiger charge is -2.03. The van der Waals surface area contributed by atoms with E-state index in [2.05, 4.69) is 32.1 Å². The summed E-state index contributed by atoms with van der Waals surface area (Å²) >= 11 is 5.90. The van der Waals surface area contributed by atoms with Crippen LogP contribution in [0.3, 0.4) is 0 Å². The lowest BCUT2D eigenvalue weighted by Crippen LogP contribution is -2.00. The zero-order valence-corrected chi connectivity index (χ0v) is 10.0. The van der Waals surface area contributed by atoms with E-state index in [-0.39, 0.29) is 0 Å². The molecule has 0 spiro atoms. The SMILES string of the molecule is COC(=O)C#Cc1ccc(Cl)cc1-n1cnnn1. The first-order chi connectivity index (χ1) is 8.70. The Morgan fingerprint density at radius 2 is 2.33 bits per heavy atom. The Labute approximate surface area is 108 Å². The summed E-state index contributed by atoms with van der Waals surface area (Å²) in [4.78, 5) is 11.0. The molecule has 0 aliphatic heterocycles. The molecule has 2 aromatic rings. The maximum Gasteiger partial charge on any atom is 0.384 e. The molecule has 0 N–H and O–H groups in total. The third-order valence-electron chi connectivity index (χ3n) is 2.04. The number of benzene rings is 1. The van der Waals surface area contributed by atoms with Gasteiger partial charge in [-0.05, 0) is 28.6 Å². The van der Waals surface area contributed by atoms with Gasteiger partial charge in [-0.3, -0.25) is 0 Å². The molecule has 7 heteroatoms. The van der Waals surface area contributed by atoms with Crippen molar-refractivity contribution in [1.82, 2.24) is 20.2 Å². The van der Waals surface area contributed by atoms with Crippen molar-refractivity contribution in [3.8, 4) is 17.5 Å². The maximum absolute atomic E-state index is 11.0. The van der Waals surface area contributed by atoms with E-state index in [0.29, 0.717) is 16.3 Å². The zero-order valence-electron chi connectivity index (χ0n) is 9.29. The van der Waals surface area contributed by atoms with Gasteiger partial charge in [-0.2, -0.15) is 4.68 Å². The maximum atomic E-state index is 11.0. The Morgan fingerprint density at radius 1 is 1.50 bits per heavy atom. The minimum absolute atomic E-state index is 0.518. The monoisotopic (exact) mass is 262 g/mol. The molecule has 0 aliphatic carbocycles. The molecule has 18 heavy (non-hydrogen) atoms. The molecule has 1 heterocycles. The number of hydrogen-bond acceptors (Lipinski definition) is 5. The van der Waals surface area contributed by atoms with Crippen LogP contribution in [0, 0.1) is 11.8 Å². The molecule has 0 radical (unpaired) electrons. The molecule has 6 nitrogen and oxygen atoms in total. The van der Waals surface area contributed by atoms with Gasteiger partial charge in [0.05, 0.1) is 18.4 Å². The van der Waals surface area contributed by atoms with Gasteiger partial charge in [0.2, 0.25) is 0 Å². The second-order valence-electron chi connectivity index (χ2n) is 3.16. The van der Waals surface area contributed by atoms with Crippen molar-refractivity contribution in [2.45, 2.75) is 0 Å². The predicted octanol–water partition coefficient (Wildman–Crippen LogP) is 0.840. The van der Waals surface area contributed by atoms with Crippen LogP contribution in [0.15, 0.2) is 24.5 Å². The van der Waals surface area contributed by atoms with Crippen molar-refractivity contribution in [3.63, 3.8) is 0 Å². The lowest BCUT2D eigenvalue weighted by atomic mass is 10.2. The van der Waals surface area contributed by atoms with E-state index in [4.69, 9.17) is 11.6 Å². The Kier molecular flexibility index (Phi) is 3.55. The van der Waals surface area contributed by atoms with E-state index in [0.717, 1.165) is 0 Å². The van der Waals surface area contributed by atoms with E-state index in [1.54, 1.807) is 18.2 Å². The molecule has 0 unspecified atom stereocenters. The Morgan fingerprint density at radius 3 is 3.00 bits per heavy atom. The standard InChI is InChI=1S/C11H7ClN4O2/c1-18-11(17)5-3-8-2-4-9(12)6-10(8)16-7-13-14-15-16/h2,4,6-7H,1H3. The molecule has 0 atom stereocenters. The number of hydrogen-bond donors (Lipinski definition) is 0. The number of carbonyl (C=O) groups is 1. The predicted molar refractivity (Wildman–Crippen MR) is 63.1 cm³/mol.